The summed E-state index contributed by atoms with van der Waals surface area (Å²) in [5.74, 6) is 0.768. The highest BCUT2D eigenvalue weighted by atomic mass is 15.1. The molecule has 3 nitrogen and oxygen atoms in total. The molecule has 0 radical (unpaired) electrons. The quantitative estimate of drug-likeness (QED) is 0.895. The van der Waals surface area contributed by atoms with Gasteiger partial charge in [-0.15, -0.1) is 0 Å². The number of piperidine rings is 1. The van der Waals surface area contributed by atoms with E-state index in [9.17, 15) is 0 Å². The van der Waals surface area contributed by atoms with Crippen molar-refractivity contribution in [1.82, 2.24) is 10.2 Å². The van der Waals surface area contributed by atoms with Gasteiger partial charge in [0.1, 0.15) is 0 Å². The summed E-state index contributed by atoms with van der Waals surface area (Å²) in [6, 6.07) is 10.6. The average Bonchev–Trinajstić information content (AvgIpc) is 2.53. The van der Waals surface area contributed by atoms with Crippen LogP contribution in [0.2, 0.25) is 0 Å². The van der Waals surface area contributed by atoms with Crippen LogP contribution in [0.15, 0.2) is 24.3 Å². The lowest BCUT2D eigenvalue weighted by Gasteiger charge is -2.33. The molecule has 1 fully saturated rings. The molecule has 3 heteroatoms. The van der Waals surface area contributed by atoms with E-state index in [2.05, 4.69) is 42.3 Å². The summed E-state index contributed by atoms with van der Waals surface area (Å²) >= 11 is 0. The van der Waals surface area contributed by atoms with Crippen molar-refractivity contribution in [1.29, 1.82) is 5.26 Å². The molecule has 2 atom stereocenters. The van der Waals surface area contributed by atoms with Crippen LogP contribution in [0.3, 0.4) is 0 Å². The first kappa shape index (κ1) is 15.0. The third-order valence-corrected chi connectivity index (χ3v) is 4.37. The fourth-order valence-corrected chi connectivity index (χ4v) is 3.02. The molecule has 1 aromatic rings. The monoisotopic (exact) mass is 271 g/mol. The Balaban J connectivity index is 1.99. The Kier molecular flexibility index (Phi) is 5.58. The van der Waals surface area contributed by atoms with Crippen LogP contribution >= 0.6 is 0 Å². The molecule has 2 rings (SSSR count). The maximum atomic E-state index is 8.87. The second kappa shape index (κ2) is 7.42. The van der Waals surface area contributed by atoms with Crippen molar-refractivity contribution in [2.75, 3.05) is 26.2 Å². The Morgan fingerprint density at radius 3 is 2.70 bits per heavy atom. The Hall–Kier alpha value is -1.37. The van der Waals surface area contributed by atoms with Gasteiger partial charge in [0, 0.05) is 12.6 Å². The van der Waals surface area contributed by atoms with Gasteiger partial charge in [0.2, 0.25) is 0 Å². The zero-order chi connectivity index (χ0) is 14.4. The zero-order valence-electron chi connectivity index (χ0n) is 12.6. The molecule has 0 saturated carbocycles. The Morgan fingerprint density at radius 2 is 2.15 bits per heavy atom. The van der Waals surface area contributed by atoms with E-state index in [0.29, 0.717) is 6.04 Å². The first-order valence-electron chi connectivity index (χ1n) is 7.69. The molecule has 108 valence electrons. The highest BCUT2D eigenvalue weighted by Crippen LogP contribution is 2.23. The first-order chi connectivity index (χ1) is 9.74. The highest BCUT2D eigenvalue weighted by molar-refractivity contribution is 5.32. The number of nitrogens with one attached hydrogen (secondary N) is 1. The maximum absolute atomic E-state index is 8.87. The van der Waals surface area contributed by atoms with Crippen LogP contribution in [0, 0.1) is 17.2 Å². The molecule has 1 heterocycles. The number of nitriles is 1. The van der Waals surface area contributed by atoms with E-state index >= 15 is 0 Å². The van der Waals surface area contributed by atoms with Gasteiger partial charge < -0.3 is 5.32 Å². The van der Waals surface area contributed by atoms with Crippen LogP contribution in [0.1, 0.15) is 43.9 Å². The summed E-state index contributed by atoms with van der Waals surface area (Å²) in [5.41, 5.74) is 2.04. The molecule has 1 aromatic carbocycles. The minimum Gasteiger partial charge on any atom is -0.316 e. The molecule has 1 aliphatic heterocycles. The van der Waals surface area contributed by atoms with Gasteiger partial charge in [-0.05, 0) is 63.0 Å². The molecular weight excluding hydrogens is 246 g/mol. The van der Waals surface area contributed by atoms with Crippen LogP contribution in [0.25, 0.3) is 0 Å². The van der Waals surface area contributed by atoms with Crippen LogP contribution < -0.4 is 5.32 Å². The minimum absolute atomic E-state index is 0.412. The predicted molar refractivity (Wildman–Crippen MR) is 82.4 cm³/mol. The standard InChI is InChI=1S/C17H25N3/c1-3-20(13-16-5-4-10-19-12-16)14(2)17-8-6-15(11-18)7-9-17/h6-9,14,16,19H,3-5,10,12-13H2,1-2H3. The molecule has 20 heavy (non-hydrogen) atoms. The molecular formula is C17H25N3. The van der Waals surface area contributed by atoms with Gasteiger partial charge in [-0.25, -0.2) is 0 Å². The average molecular weight is 271 g/mol. The van der Waals surface area contributed by atoms with Gasteiger partial charge in [-0.3, -0.25) is 4.90 Å². The van der Waals surface area contributed by atoms with Crippen molar-refractivity contribution < 1.29 is 0 Å². The highest BCUT2D eigenvalue weighted by Gasteiger charge is 2.20. The van der Waals surface area contributed by atoms with Crippen LogP contribution in [0.5, 0.6) is 0 Å². The van der Waals surface area contributed by atoms with E-state index in [4.69, 9.17) is 5.26 Å². The lowest BCUT2D eigenvalue weighted by molar-refractivity contribution is 0.171. The Morgan fingerprint density at radius 1 is 1.40 bits per heavy atom. The number of hydrogen-bond donors (Lipinski definition) is 1. The molecule has 1 saturated heterocycles. The van der Waals surface area contributed by atoms with Crippen molar-refractivity contribution >= 4 is 0 Å². The van der Waals surface area contributed by atoms with Gasteiger partial charge in [-0.1, -0.05) is 19.1 Å². The maximum Gasteiger partial charge on any atom is 0.0991 e. The van der Waals surface area contributed by atoms with Crippen LogP contribution in [-0.4, -0.2) is 31.1 Å². The Labute approximate surface area is 122 Å². The van der Waals surface area contributed by atoms with Crippen LogP contribution in [-0.2, 0) is 0 Å². The fourth-order valence-electron chi connectivity index (χ4n) is 3.02. The molecule has 2 unspecified atom stereocenters. The second-order valence-electron chi connectivity index (χ2n) is 5.71. The van der Waals surface area contributed by atoms with Crippen molar-refractivity contribution in [2.45, 2.75) is 32.7 Å². The molecule has 1 aliphatic rings. The minimum atomic E-state index is 0.412. The predicted octanol–water partition coefficient (Wildman–Crippen LogP) is 2.94. The normalized spacial score (nSPS) is 20.6. The van der Waals surface area contributed by atoms with E-state index in [1.807, 2.05) is 12.1 Å². The summed E-state index contributed by atoms with van der Waals surface area (Å²) in [6.45, 7) is 9.05. The van der Waals surface area contributed by atoms with E-state index < -0.39 is 0 Å². The molecule has 0 bridgehead atoms. The van der Waals surface area contributed by atoms with Gasteiger partial charge in [0.15, 0.2) is 0 Å². The summed E-state index contributed by atoms with van der Waals surface area (Å²) in [6.07, 6.45) is 2.64. The molecule has 0 aliphatic carbocycles. The third kappa shape index (κ3) is 3.82. The second-order valence-corrected chi connectivity index (χ2v) is 5.71. The number of hydrogen-bond acceptors (Lipinski definition) is 3. The number of benzene rings is 1. The molecule has 0 spiro atoms. The van der Waals surface area contributed by atoms with Gasteiger partial charge in [0.05, 0.1) is 11.6 Å². The van der Waals surface area contributed by atoms with Crippen LogP contribution in [0.4, 0.5) is 0 Å². The summed E-state index contributed by atoms with van der Waals surface area (Å²) in [7, 11) is 0. The van der Waals surface area contributed by atoms with Crippen molar-refractivity contribution in [3.05, 3.63) is 35.4 Å². The summed E-state index contributed by atoms with van der Waals surface area (Å²) in [5, 5.41) is 12.4. The van der Waals surface area contributed by atoms with Crippen molar-refractivity contribution in [3.8, 4) is 6.07 Å². The van der Waals surface area contributed by atoms with Gasteiger partial charge in [-0.2, -0.15) is 5.26 Å². The van der Waals surface area contributed by atoms with Crippen molar-refractivity contribution in [2.24, 2.45) is 5.92 Å². The number of rotatable bonds is 5. The van der Waals surface area contributed by atoms with Crippen molar-refractivity contribution in [3.63, 3.8) is 0 Å². The topological polar surface area (TPSA) is 39.1 Å². The lowest BCUT2D eigenvalue weighted by Crippen LogP contribution is -2.39. The largest absolute Gasteiger partial charge is 0.316 e. The molecule has 0 aromatic heterocycles. The fraction of sp³-hybridized carbons (Fsp3) is 0.588. The van der Waals surface area contributed by atoms with Gasteiger partial charge >= 0.3 is 0 Å². The summed E-state index contributed by atoms with van der Waals surface area (Å²) in [4.78, 5) is 2.54. The molecule has 0 amide bonds. The van der Waals surface area contributed by atoms with E-state index in [0.717, 1.165) is 31.1 Å². The van der Waals surface area contributed by atoms with E-state index in [-0.39, 0.29) is 0 Å². The SMILES string of the molecule is CCN(CC1CCCNC1)C(C)c1ccc(C#N)cc1. The third-order valence-electron chi connectivity index (χ3n) is 4.37. The number of nitrogens with zero attached hydrogens (tertiary/aromatic N) is 2. The summed E-state index contributed by atoms with van der Waals surface area (Å²) < 4.78 is 0. The molecule has 1 N–H and O–H groups in total. The Bertz CT molecular complexity index is 440. The lowest BCUT2D eigenvalue weighted by atomic mass is 9.97. The first-order valence-corrected chi connectivity index (χ1v) is 7.69. The smallest absolute Gasteiger partial charge is 0.0991 e. The van der Waals surface area contributed by atoms with E-state index in [1.165, 1.54) is 24.9 Å². The van der Waals surface area contributed by atoms with E-state index in [1.54, 1.807) is 0 Å². The van der Waals surface area contributed by atoms with Gasteiger partial charge in [0.25, 0.3) is 0 Å². The zero-order valence-corrected chi connectivity index (χ0v) is 12.6.